The highest BCUT2D eigenvalue weighted by Gasteiger charge is 2.45. The molecular formula is C13H20N4O2. The molecule has 2 amide bonds. The van der Waals surface area contributed by atoms with Crippen LogP contribution >= 0.6 is 0 Å². The molecule has 2 heterocycles. The summed E-state index contributed by atoms with van der Waals surface area (Å²) in [4.78, 5) is 26.1. The van der Waals surface area contributed by atoms with E-state index in [4.69, 9.17) is 0 Å². The Bertz CT molecular complexity index is 510. The summed E-state index contributed by atoms with van der Waals surface area (Å²) in [6.45, 7) is 5.77. The first-order valence-electron chi connectivity index (χ1n) is 6.49. The van der Waals surface area contributed by atoms with Gasteiger partial charge in [-0.3, -0.25) is 14.3 Å². The maximum atomic E-state index is 12.5. The number of carbonyl (C=O) groups excluding carboxylic acids is 2. The van der Waals surface area contributed by atoms with Crippen molar-refractivity contribution in [2.45, 2.75) is 45.3 Å². The number of hydrogen-bond donors (Lipinski definition) is 1. The SMILES string of the molecule is CCC1(C)NC(=O)C(C)N(Cc2ccn(C)n2)C1=O. The Morgan fingerprint density at radius 2 is 2.16 bits per heavy atom. The monoisotopic (exact) mass is 264 g/mol. The number of hydrogen-bond acceptors (Lipinski definition) is 3. The molecule has 0 aromatic carbocycles. The molecule has 1 aliphatic heterocycles. The van der Waals surface area contributed by atoms with E-state index in [2.05, 4.69) is 10.4 Å². The van der Waals surface area contributed by atoms with Gasteiger partial charge in [0.25, 0.3) is 0 Å². The van der Waals surface area contributed by atoms with E-state index in [0.29, 0.717) is 13.0 Å². The molecule has 2 unspecified atom stereocenters. The number of amides is 2. The van der Waals surface area contributed by atoms with Crippen molar-refractivity contribution < 1.29 is 9.59 Å². The van der Waals surface area contributed by atoms with E-state index in [0.717, 1.165) is 5.69 Å². The minimum atomic E-state index is -0.807. The number of rotatable bonds is 3. The molecule has 0 radical (unpaired) electrons. The fraction of sp³-hybridized carbons (Fsp3) is 0.615. The van der Waals surface area contributed by atoms with Gasteiger partial charge in [-0.2, -0.15) is 5.10 Å². The lowest BCUT2D eigenvalue weighted by molar-refractivity contribution is -0.154. The third-order valence-electron chi connectivity index (χ3n) is 3.79. The molecule has 1 saturated heterocycles. The second-order valence-electron chi connectivity index (χ2n) is 5.26. The Morgan fingerprint density at radius 1 is 1.47 bits per heavy atom. The number of piperazine rings is 1. The van der Waals surface area contributed by atoms with Crippen LogP contribution in [0.15, 0.2) is 12.3 Å². The van der Waals surface area contributed by atoms with Crippen LogP contribution in [0, 0.1) is 0 Å². The second kappa shape index (κ2) is 4.68. The van der Waals surface area contributed by atoms with E-state index in [9.17, 15) is 9.59 Å². The maximum absolute atomic E-state index is 12.5. The lowest BCUT2D eigenvalue weighted by Crippen LogP contribution is -2.68. The first-order chi connectivity index (χ1) is 8.87. The van der Waals surface area contributed by atoms with Gasteiger partial charge in [-0.15, -0.1) is 0 Å². The third kappa shape index (κ3) is 2.34. The van der Waals surface area contributed by atoms with E-state index in [1.165, 1.54) is 0 Å². The molecule has 1 fully saturated rings. The van der Waals surface area contributed by atoms with E-state index < -0.39 is 11.6 Å². The molecule has 2 rings (SSSR count). The Kier molecular flexibility index (Phi) is 3.34. The molecule has 6 nitrogen and oxygen atoms in total. The van der Waals surface area contributed by atoms with Gasteiger partial charge in [-0.1, -0.05) is 6.92 Å². The lowest BCUT2D eigenvalue weighted by Gasteiger charge is -2.42. The van der Waals surface area contributed by atoms with Gasteiger partial charge in [0, 0.05) is 13.2 Å². The van der Waals surface area contributed by atoms with E-state index in [1.807, 2.05) is 26.2 Å². The predicted octanol–water partition coefficient (Wildman–Crippen LogP) is 0.436. The number of carbonyl (C=O) groups is 2. The Labute approximate surface area is 112 Å². The van der Waals surface area contributed by atoms with Gasteiger partial charge in [0.15, 0.2) is 0 Å². The van der Waals surface area contributed by atoms with Crippen molar-refractivity contribution in [2.75, 3.05) is 0 Å². The molecule has 1 aromatic rings. The summed E-state index contributed by atoms with van der Waals surface area (Å²) < 4.78 is 1.69. The number of nitrogens with one attached hydrogen (secondary N) is 1. The fourth-order valence-corrected chi connectivity index (χ4v) is 2.23. The zero-order valence-corrected chi connectivity index (χ0v) is 11.8. The number of aromatic nitrogens is 2. The minimum Gasteiger partial charge on any atom is -0.340 e. The minimum absolute atomic E-state index is 0.0484. The zero-order chi connectivity index (χ0) is 14.2. The molecule has 19 heavy (non-hydrogen) atoms. The smallest absolute Gasteiger partial charge is 0.249 e. The van der Waals surface area contributed by atoms with Crippen LogP contribution in [0.3, 0.4) is 0 Å². The van der Waals surface area contributed by atoms with Gasteiger partial charge in [-0.05, 0) is 26.3 Å². The molecule has 6 heteroatoms. The van der Waals surface area contributed by atoms with Gasteiger partial charge in [0.05, 0.1) is 12.2 Å². The lowest BCUT2D eigenvalue weighted by atomic mass is 9.92. The van der Waals surface area contributed by atoms with Gasteiger partial charge >= 0.3 is 0 Å². The van der Waals surface area contributed by atoms with Crippen molar-refractivity contribution in [1.82, 2.24) is 20.0 Å². The fourth-order valence-electron chi connectivity index (χ4n) is 2.23. The van der Waals surface area contributed by atoms with Crippen LogP contribution in [-0.2, 0) is 23.2 Å². The van der Waals surface area contributed by atoms with Crippen LogP contribution < -0.4 is 5.32 Å². The zero-order valence-electron chi connectivity index (χ0n) is 11.8. The second-order valence-corrected chi connectivity index (χ2v) is 5.26. The largest absolute Gasteiger partial charge is 0.340 e. The normalized spacial score (nSPS) is 27.6. The predicted molar refractivity (Wildman–Crippen MR) is 70.1 cm³/mol. The standard InChI is InChI=1S/C13H20N4O2/c1-5-13(3)12(19)17(9(2)11(18)14-13)8-10-6-7-16(4)15-10/h6-7,9H,5,8H2,1-4H3,(H,14,18). The molecule has 0 saturated carbocycles. The first-order valence-corrected chi connectivity index (χ1v) is 6.49. The average Bonchev–Trinajstić information content (AvgIpc) is 2.78. The molecular weight excluding hydrogens is 244 g/mol. The van der Waals surface area contributed by atoms with Crippen LogP contribution in [0.25, 0.3) is 0 Å². The summed E-state index contributed by atoms with van der Waals surface area (Å²) in [5, 5.41) is 7.07. The van der Waals surface area contributed by atoms with Crippen LogP contribution in [0.1, 0.15) is 32.9 Å². The van der Waals surface area contributed by atoms with Crippen LogP contribution in [0.2, 0.25) is 0 Å². The van der Waals surface area contributed by atoms with Crippen molar-refractivity contribution in [2.24, 2.45) is 7.05 Å². The maximum Gasteiger partial charge on any atom is 0.249 e. The highest BCUT2D eigenvalue weighted by Crippen LogP contribution is 2.22. The molecule has 104 valence electrons. The molecule has 1 N–H and O–H groups in total. The van der Waals surface area contributed by atoms with Gasteiger partial charge < -0.3 is 10.2 Å². The Hall–Kier alpha value is -1.85. The summed E-state index contributed by atoms with van der Waals surface area (Å²) in [7, 11) is 1.83. The van der Waals surface area contributed by atoms with Crippen molar-refractivity contribution in [3.05, 3.63) is 18.0 Å². The molecule has 1 aromatic heterocycles. The summed E-state index contributed by atoms with van der Waals surface area (Å²) in [6.07, 6.45) is 2.40. The third-order valence-corrected chi connectivity index (χ3v) is 3.79. The van der Waals surface area contributed by atoms with Crippen molar-refractivity contribution in [3.8, 4) is 0 Å². The summed E-state index contributed by atoms with van der Waals surface area (Å²) in [6, 6.07) is 1.39. The Balaban J connectivity index is 2.25. The van der Waals surface area contributed by atoms with E-state index >= 15 is 0 Å². The molecule has 0 bridgehead atoms. The molecule has 1 aliphatic rings. The summed E-state index contributed by atoms with van der Waals surface area (Å²) >= 11 is 0. The van der Waals surface area contributed by atoms with Gasteiger partial charge in [0.1, 0.15) is 11.6 Å². The van der Waals surface area contributed by atoms with Crippen molar-refractivity contribution in [1.29, 1.82) is 0 Å². The van der Waals surface area contributed by atoms with Gasteiger partial charge in [-0.25, -0.2) is 0 Å². The topological polar surface area (TPSA) is 67.2 Å². The van der Waals surface area contributed by atoms with Gasteiger partial charge in [0.2, 0.25) is 11.8 Å². The first kappa shape index (κ1) is 13.6. The molecule has 2 atom stereocenters. The number of aryl methyl sites for hydroxylation is 1. The highest BCUT2D eigenvalue weighted by molar-refractivity contribution is 5.99. The van der Waals surface area contributed by atoms with E-state index in [-0.39, 0.29) is 11.8 Å². The molecule has 0 spiro atoms. The highest BCUT2D eigenvalue weighted by atomic mass is 16.2. The van der Waals surface area contributed by atoms with Crippen molar-refractivity contribution >= 4 is 11.8 Å². The Morgan fingerprint density at radius 3 is 2.68 bits per heavy atom. The summed E-state index contributed by atoms with van der Waals surface area (Å²) in [5.41, 5.74) is -0.0193. The average molecular weight is 264 g/mol. The van der Waals surface area contributed by atoms with Crippen molar-refractivity contribution in [3.63, 3.8) is 0 Å². The molecule has 0 aliphatic carbocycles. The summed E-state index contributed by atoms with van der Waals surface area (Å²) in [5.74, 6) is -0.160. The van der Waals surface area contributed by atoms with Crippen LogP contribution in [0.5, 0.6) is 0 Å². The quantitative estimate of drug-likeness (QED) is 0.861. The van der Waals surface area contributed by atoms with E-state index in [1.54, 1.807) is 23.4 Å². The van der Waals surface area contributed by atoms with Crippen LogP contribution in [-0.4, -0.2) is 38.1 Å². The number of nitrogens with zero attached hydrogens (tertiary/aromatic N) is 3. The van der Waals surface area contributed by atoms with Crippen LogP contribution in [0.4, 0.5) is 0 Å².